The summed E-state index contributed by atoms with van der Waals surface area (Å²) < 4.78 is 1.17. The van der Waals surface area contributed by atoms with Gasteiger partial charge in [-0.05, 0) is 0 Å². The van der Waals surface area contributed by atoms with Crippen molar-refractivity contribution in [2.75, 3.05) is 0 Å². The van der Waals surface area contributed by atoms with E-state index < -0.39 is 0 Å². The summed E-state index contributed by atoms with van der Waals surface area (Å²) in [5, 5.41) is 1.24. The summed E-state index contributed by atoms with van der Waals surface area (Å²) in [7, 11) is 0. The summed E-state index contributed by atoms with van der Waals surface area (Å²) in [4.78, 5) is 0. The molecule has 1 aromatic carbocycles. The maximum absolute atomic E-state index is 3.38. The first-order chi connectivity index (χ1) is 4.33. The molecule has 1 rings (SSSR count). The summed E-state index contributed by atoms with van der Waals surface area (Å²) in [5.74, 6) is 0. The van der Waals surface area contributed by atoms with Crippen LogP contribution in [-0.2, 0) is 23.3 Å². The Balaban J connectivity index is 0.000000810. The molecule has 0 aromatic heterocycles. The number of hydrogen-bond donors (Lipinski definition) is 0. The molecular weight excluding hydrogens is 309 g/mol. The van der Waals surface area contributed by atoms with E-state index in [1.54, 1.807) is 0 Å². The van der Waals surface area contributed by atoms with Gasteiger partial charge in [0.25, 0.3) is 0 Å². The molecule has 0 saturated carbocycles. The van der Waals surface area contributed by atoms with E-state index in [9.17, 15) is 0 Å². The van der Waals surface area contributed by atoms with Crippen LogP contribution >= 0.6 is 15.9 Å². The molecule has 0 radical (unpaired) electrons. The summed E-state index contributed by atoms with van der Waals surface area (Å²) in [6.45, 7) is 0. The fraction of sp³-hybridized carbons (Fsp3) is 0.143. The van der Waals surface area contributed by atoms with E-state index in [-0.39, 0.29) is 17.0 Å². The van der Waals surface area contributed by atoms with Gasteiger partial charge in [-0.3, -0.25) is 0 Å². The average molecular weight is 315 g/mol. The van der Waals surface area contributed by atoms with Gasteiger partial charge in [-0.2, -0.15) is 0 Å². The molecule has 0 unspecified atom stereocenters. The van der Waals surface area contributed by atoms with Crippen molar-refractivity contribution in [1.29, 1.82) is 0 Å². The molecule has 0 atom stereocenters. The molecule has 3 heteroatoms. The summed E-state index contributed by atoms with van der Waals surface area (Å²) in [6, 6.07) is 8.50. The van der Waals surface area contributed by atoms with E-state index in [4.69, 9.17) is 0 Å². The molecule has 1 aromatic rings. The van der Waals surface area contributed by atoms with Crippen molar-refractivity contribution in [3.63, 3.8) is 0 Å². The SMILES string of the molecule is [Br-].[Zn+][CH2]c1ccc(Br)cc1. The summed E-state index contributed by atoms with van der Waals surface area (Å²) in [6.07, 6.45) is 0. The molecule has 0 saturated heterocycles. The molecular formula is C7H6Br2Zn. The van der Waals surface area contributed by atoms with Crippen LogP contribution in [0.25, 0.3) is 0 Å². The van der Waals surface area contributed by atoms with Gasteiger partial charge in [0.15, 0.2) is 0 Å². The molecule has 0 aliphatic carbocycles. The van der Waals surface area contributed by atoms with Crippen LogP contribution in [0.4, 0.5) is 0 Å². The van der Waals surface area contributed by atoms with Crippen molar-refractivity contribution >= 4 is 15.9 Å². The van der Waals surface area contributed by atoms with E-state index in [1.165, 1.54) is 33.4 Å². The van der Waals surface area contributed by atoms with Gasteiger partial charge in [0.2, 0.25) is 0 Å². The minimum absolute atomic E-state index is 0. The number of halogens is 2. The molecule has 0 aliphatic rings. The predicted octanol–water partition coefficient (Wildman–Crippen LogP) is -0.500. The van der Waals surface area contributed by atoms with E-state index in [0.717, 1.165) is 0 Å². The number of benzene rings is 1. The second-order valence-electron chi connectivity index (χ2n) is 1.88. The van der Waals surface area contributed by atoms with Gasteiger partial charge in [-0.15, -0.1) is 0 Å². The van der Waals surface area contributed by atoms with Gasteiger partial charge in [-0.1, -0.05) is 0 Å². The monoisotopic (exact) mass is 312 g/mol. The Morgan fingerprint density at radius 1 is 1.20 bits per heavy atom. The summed E-state index contributed by atoms with van der Waals surface area (Å²) in [5.41, 5.74) is 1.44. The molecule has 0 spiro atoms. The van der Waals surface area contributed by atoms with E-state index in [1.807, 2.05) is 0 Å². The Hall–Kier alpha value is 0.803. The van der Waals surface area contributed by atoms with Gasteiger partial charge in [0.1, 0.15) is 0 Å². The molecule has 0 fully saturated rings. The van der Waals surface area contributed by atoms with Gasteiger partial charge < -0.3 is 17.0 Å². The molecule has 0 N–H and O–H groups in total. The van der Waals surface area contributed by atoms with Crippen LogP contribution in [0.1, 0.15) is 5.56 Å². The van der Waals surface area contributed by atoms with Crippen molar-refractivity contribution in [2.24, 2.45) is 0 Å². The average Bonchev–Trinajstić information content (AvgIpc) is 1.90. The third-order valence-corrected chi connectivity index (χ3v) is 2.94. The molecule has 10 heavy (non-hydrogen) atoms. The van der Waals surface area contributed by atoms with Crippen molar-refractivity contribution < 1.29 is 35.3 Å². The Labute approximate surface area is 90.0 Å². The third-order valence-electron chi connectivity index (χ3n) is 1.20. The Kier molecular flexibility index (Phi) is 5.89. The predicted molar refractivity (Wildman–Crippen MR) is 37.8 cm³/mol. The van der Waals surface area contributed by atoms with Crippen LogP contribution in [0, 0.1) is 0 Å². The van der Waals surface area contributed by atoms with Crippen LogP contribution in [-0.4, -0.2) is 0 Å². The van der Waals surface area contributed by atoms with Crippen LogP contribution in [0.2, 0.25) is 0 Å². The Morgan fingerprint density at radius 3 is 2.10 bits per heavy atom. The zero-order valence-electron chi connectivity index (χ0n) is 5.48. The van der Waals surface area contributed by atoms with Crippen LogP contribution in [0.5, 0.6) is 0 Å². The molecule has 50 valence electrons. The number of rotatable bonds is 1. The van der Waals surface area contributed by atoms with Crippen LogP contribution < -0.4 is 17.0 Å². The van der Waals surface area contributed by atoms with Gasteiger partial charge in [0.05, 0.1) is 0 Å². The fourth-order valence-corrected chi connectivity index (χ4v) is 1.61. The topological polar surface area (TPSA) is 0 Å². The van der Waals surface area contributed by atoms with Gasteiger partial charge >= 0.3 is 73.5 Å². The van der Waals surface area contributed by atoms with Gasteiger partial charge in [-0.25, -0.2) is 0 Å². The van der Waals surface area contributed by atoms with Crippen molar-refractivity contribution in [3.8, 4) is 0 Å². The zero-order chi connectivity index (χ0) is 6.69. The zero-order valence-corrected chi connectivity index (χ0v) is 11.6. The van der Waals surface area contributed by atoms with Crippen LogP contribution in [0.15, 0.2) is 28.7 Å². The quantitative estimate of drug-likeness (QED) is 0.613. The van der Waals surface area contributed by atoms with E-state index >= 15 is 0 Å². The Bertz CT molecular complexity index is 183. The van der Waals surface area contributed by atoms with Crippen molar-refractivity contribution in [1.82, 2.24) is 0 Å². The molecule has 0 aliphatic heterocycles. The van der Waals surface area contributed by atoms with E-state index in [2.05, 4.69) is 40.2 Å². The third kappa shape index (κ3) is 3.27. The minimum atomic E-state index is 0. The van der Waals surface area contributed by atoms with Gasteiger partial charge in [0, 0.05) is 0 Å². The first kappa shape index (κ1) is 10.8. The molecule has 0 amide bonds. The fourth-order valence-electron chi connectivity index (χ4n) is 0.651. The molecule has 0 bridgehead atoms. The summed E-state index contributed by atoms with van der Waals surface area (Å²) >= 11 is 4.73. The first-order valence-electron chi connectivity index (χ1n) is 2.86. The number of hydrogen-bond acceptors (Lipinski definition) is 0. The maximum atomic E-state index is 3.38. The second-order valence-corrected chi connectivity index (χ2v) is 3.84. The Morgan fingerprint density at radius 2 is 1.70 bits per heavy atom. The van der Waals surface area contributed by atoms with Crippen molar-refractivity contribution in [3.05, 3.63) is 34.3 Å². The molecule has 0 nitrogen and oxygen atoms in total. The van der Waals surface area contributed by atoms with E-state index in [0.29, 0.717) is 0 Å². The second kappa shape index (κ2) is 5.45. The standard InChI is InChI=1S/C7H6Br.BrH.Zn/c1-6-2-4-7(8)5-3-6;;/h2-5H,1H2;1H;/q;;+1/p-1. The first-order valence-corrected chi connectivity index (χ1v) is 5.75. The normalized spacial score (nSPS) is 8.70. The van der Waals surface area contributed by atoms with Crippen molar-refractivity contribution in [2.45, 2.75) is 5.02 Å². The van der Waals surface area contributed by atoms with Crippen LogP contribution in [0.3, 0.4) is 0 Å². The molecule has 0 heterocycles.